The molecule has 0 atom stereocenters. The Balaban J connectivity index is 2.91. The van der Waals surface area contributed by atoms with Gasteiger partial charge in [0.15, 0.2) is 0 Å². The largest absolute Gasteiger partial charge is 0.481 e. The molecule has 0 aromatic carbocycles. The summed E-state index contributed by atoms with van der Waals surface area (Å²) < 4.78 is 0. The first-order valence-electron chi connectivity index (χ1n) is 5.03. The zero-order valence-corrected chi connectivity index (χ0v) is 9.13. The van der Waals surface area contributed by atoms with Gasteiger partial charge in [-0.1, -0.05) is 31.6 Å². The van der Waals surface area contributed by atoms with Crippen LogP contribution in [-0.4, -0.2) is 11.1 Å². The lowest BCUT2D eigenvalue weighted by molar-refractivity contribution is -0.136. The minimum Gasteiger partial charge on any atom is -0.481 e. The summed E-state index contributed by atoms with van der Waals surface area (Å²) >= 11 is 0. The second kappa shape index (κ2) is 3.99. The molecule has 0 aliphatic heterocycles. The molecule has 0 heterocycles. The molecule has 2 heteroatoms. The third kappa shape index (κ3) is 2.47. The molecule has 0 saturated heterocycles. The molecule has 1 N–H and O–H groups in total. The molecule has 0 spiro atoms. The smallest absolute Gasteiger partial charge is 0.307 e. The van der Waals surface area contributed by atoms with E-state index >= 15 is 0 Å². The Morgan fingerprint density at radius 1 is 1.64 bits per heavy atom. The SMILES string of the molecule is CC1=CCCC(C)(C)C1=CCC(=O)O. The maximum absolute atomic E-state index is 10.5. The van der Waals surface area contributed by atoms with E-state index in [1.165, 1.54) is 11.1 Å². The Kier molecular flexibility index (Phi) is 3.14. The molecular weight excluding hydrogens is 176 g/mol. The normalized spacial score (nSPS) is 23.4. The Labute approximate surface area is 85.3 Å². The van der Waals surface area contributed by atoms with Crippen molar-refractivity contribution >= 4 is 5.97 Å². The van der Waals surface area contributed by atoms with E-state index in [1.54, 1.807) is 0 Å². The molecule has 0 aromatic rings. The van der Waals surface area contributed by atoms with Crippen LogP contribution in [0.4, 0.5) is 0 Å². The summed E-state index contributed by atoms with van der Waals surface area (Å²) in [5.41, 5.74) is 2.57. The average molecular weight is 194 g/mol. The van der Waals surface area contributed by atoms with E-state index < -0.39 is 5.97 Å². The van der Waals surface area contributed by atoms with Gasteiger partial charge in [0.2, 0.25) is 0 Å². The van der Waals surface area contributed by atoms with Crippen LogP contribution in [0.15, 0.2) is 23.3 Å². The van der Waals surface area contributed by atoms with Crippen molar-refractivity contribution in [3.8, 4) is 0 Å². The van der Waals surface area contributed by atoms with Crippen molar-refractivity contribution in [2.75, 3.05) is 0 Å². The van der Waals surface area contributed by atoms with Gasteiger partial charge in [0.25, 0.3) is 0 Å². The Morgan fingerprint density at radius 2 is 2.29 bits per heavy atom. The van der Waals surface area contributed by atoms with E-state index in [9.17, 15) is 4.79 Å². The Morgan fingerprint density at radius 3 is 2.79 bits per heavy atom. The van der Waals surface area contributed by atoms with Gasteiger partial charge < -0.3 is 5.11 Å². The number of hydrogen-bond donors (Lipinski definition) is 1. The van der Waals surface area contributed by atoms with Crippen molar-refractivity contribution in [2.45, 2.75) is 40.0 Å². The summed E-state index contributed by atoms with van der Waals surface area (Å²) in [5, 5.41) is 8.64. The van der Waals surface area contributed by atoms with Crippen molar-refractivity contribution in [3.05, 3.63) is 23.3 Å². The van der Waals surface area contributed by atoms with Crippen LogP contribution in [0, 0.1) is 5.41 Å². The van der Waals surface area contributed by atoms with Crippen LogP contribution in [-0.2, 0) is 4.79 Å². The van der Waals surface area contributed by atoms with E-state index in [4.69, 9.17) is 5.11 Å². The fourth-order valence-electron chi connectivity index (χ4n) is 2.05. The molecule has 0 amide bonds. The molecule has 2 nitrogen and oxygen atoms in total. The highest BCUT2D eigenvalue weighted by Crippen LogP contribution is 2.40. The third-order valence-electron chi connectivity index (χ3n) is 2.85. The second-order valence-corrected chi connectivity index (χ2v) is 4.53. The Bertz CT molecular complexity index is 295. The molecule has 14 heavy (non-hydrogen) atoms. The minimum atomic E-state index is -0.758. The van der Waals surface area contributed by atoms with Crippen molar-refractivity contribution < 1.29 is 9.90 Å². The summed E-state index contributed by atoms with van der Waals surface area (Å²) in [6.07, 6.45) is 6.38. The second-order valence-electron chi connectivity index (χ2n) is 4.53. The molecule has 0 bridgehead atoms. The van der Waals surface area contributed by atoms with Gasteiger partial charge in [-0.3, -0.25) is 4.79 Å². The van der Waals surface area contributed by atoms with Gasteiger partial charge in [0.1, 0.15) is 0 Å². The van der Waals surface area contributed by atoms with Crippen LogP contribution in [0.5, 0.6) is 0 Å². The molecule has 78 valence electrons. The molecule has 1 aliphatic rings. The number of carboxylic acids is 1. The van der Waals surface area contributed by atoms with Gasteiger partial charge >= 0.3 is 5.97 Å². The number of carbonyl (C=O) groups is 1. The fourth-order valence-corrected chi connectivity index (χ4v) is 2.05. The predicted molar refractivity (Wildman–Crippen MR) is 57.1 cm³/mol. The molecule has 0 radical (unpaired) electrons. The van der Waals surface area contributed by atoms with Crippen LogP contribution in [0.25, 0.3) is 0 Å². The standard InChI is InChI=1S/C12H18O2/c1-9-5-4-8-12(2,3)10(9)6-7-11(13)14/h5-6H,4,7-8H2,1-3H3,(H,13,14). The topological polar surface area (TPSA) is 37.3 Å². The maximum atomic E-state index is 10.5. The first kappa shape index (κ1) is 11.0. The molecule has 0 saturated carbocycles. The molecule has 1 aliphatic carbocycles. The van der Waals surface area contributed by atoms with E-state index in [1.807, 2.05) is 6.08 Å². The Hall–Kier alpha value is -1.05. The zero-order chi connectivity index (χ0) is 10.8. The van der Waals surface area contributed by atoms with Crippen LogP contribution >= 0.6 is 0 Å². The summed E-state index contributed by atoms with van der Waals surface area (Å²) in [4.78, 5) is 10.5. The van der Waals surface area contributed by atoms with Gasteiger partial charge in [0, 0.05) is 0 Å². The van der Waals surface area contributed by atoms with Gasteiger partial charge in [-0.25, -0.2) is 0 Å². The lowest BCUT2D eigenvalue weighted by Crippen LogP contribution is -2.19. The number of rotatable bonds is 2. The predicted octanol–water partition coefficient (Wildman–Crippen LogP) is 3.15. The van der Waals surface area contributed by atoms with E-state index in [0.717, 1.165) is 12.8 Å². The maximum Gasteiger partial charge on any atom is 0.307 e. The first-order valence-corrected chi connectivity index (χ1v) is 5.03. The average Bonchev–Trinajstić information content (AvgIpc) is 2.01. The first-order chi connectivity index (χ1) is 6.43. The monoisotopic (exact) mass is 194 g/mol. The van der Waals surface area contributed by atoms with Crippen LogP contribution in [0.2, 0.25) is 0 Å². The summed E-state index contributed by atoms with van der Waals surface area (Å²) in [6, 6.07) is 0. The molecule has 0 unspecified atom stereocenters. The van der Waals surface area contributed by atoms with E-state index in [-0.39, 0.29) is 11.8 Å². The summed E-state index contributed by atoms with van der Waals surface area (Å²) in [5.74, 6) is -0.758. The minimum absolute atomic E-state index is 0.129. The number of hydrogen-bond acceptors (Lipinski definition) is 1. The zero-order valence-electron chi connectivity index (χ0n) is 9.13. The number of allylic oxidation sites excluding steroid dienone is 3. The van der Waals surface area contributed by atoms with Crippen molar-refractivity contribution in [3.63, 3.8) is 0 Å². The number of aliphatic carboxylic acids is 1. The van der Waals surface area contributed by atoms with Gasteiger partial charge in [-0.05, 0) is 30.8 Å². The van der Waals surface area contributed by atoms with Crippen LogP contribution in [0.3, 0.4) is 0 Å². The summed E-state index contributed by atoms with van der Waals surface area (Å²) in [7, 11) is 0. The fraction of sp³-hybridized carbons (Fsp3) is 0.583. The van der Waals surface area contributed by atoms with Gasteiger partial charge in [-0.15, -0.1) is 0 Å². The van der Waals surface area contributed by atoms with Crippen molar-refractivity contribution in [1.29, 1.82) is 0 Å². The molecule has 0 fully saturated rings. The quantitative estimate of drug-likeness (QED) is 0.733. The summed E-state index contributed by atoms with van der Waals surface area (Å²) in [6.45, 7) is 6.42. The van der Waals surface area contributed by atoms with Gasteiger partial charge in [-0.2, -0.15) is 0 Å². The van der Waals surface area contributed by atoms with Crippen molar-refractivity contribution in [1.82, 2.24) is 0 Å². The van der Waals surface area contributed by atoms with Crippen molar-refractivity contribution in [2.24, 2.45) is 5.41 Å². The molecular formula is C12H18O2. The molecule has 1 rings (SSSR count). The highest BCUT2D eigenvalue weighted by molar-refractivity contribution is 5.69. The highest BCUT2D eigenvalue weighted by Gasteiger charge is 2.26. The van der Waals surface area contributed by atoms with Gasteiger partial charge in [0.05, 0.1) is 6.42 Å². The van der Waals surface area contributed by atoms with Crippen LogP contribution in [0.1, 0.15) is 40.0 Å². The number of carboxylic acid groups (broad SMARTS) is 1. The van der Waals surface area contributed by atoms with E-state index in [0.29, 0.717) is 0 Å². The lowest BCUT2D eigenvalue weighted by atomic mass is 9.73. The van der Waals surface area contributed by atoms with E-state index in [2.05, 4.69) is 26.8 Å². The van der Waals surface area contributed by atoms with Crippen LogP contribution < -0.4 is 0 Å². The molecule has 0 aromatic heterocycles. The lowest BCUT2D eigenvalue weighted by Gasteiger charge is -2.32. The third-order valence-corrected chi connectivity index (χ3v) is 2.85. The highest BCUT2D eigenvalue weighted by atomic mass is 16.4.